The summed E-state index contributed by atoms with van der Waals surface area (Å²) < 4.78 is 15.8. The van der Waals surface area contributed by atoms with Gasteiger partial charge in [-0.15, -0.1) is 0 Å². The number of carbonyl (C=O) groups excluding carboxylic acids is 1. The van der Waals surface area contributed by atoms with Crippen LogP contribution in [0.3, 0.4) is 0 Å². The average molecular weight is 385 g/mol. The molecule has 1 fully saturated rings. The first-order chi connectivity index (χ1) is 13.1. The standard InChI is InChI=1S/C20H18ClFN4O/c21-20-17(26-10-4-3-7-18(26)23-20)8-9-19(27)25-13-11-24(12-14-25)16-6-2-1-5-15(16)22/h1-10H,11-14H2/b9-8+. The molecule has 4 rings (SSSR count). The van der Waals surface area contributed by atoms with Crippen molar-refractivity contribution in [1.82, 2.24) is 14.3 Å². The summed E-state index contributed by atoms with van der Waals surface area (Å²) in [7, 11) is 0. The lowest BCUT2D eigenvalue weighted by atomic mass is 10.2. The molecule has 0 radical (unpaired) electrons. The molecular weight excluding hydrogens is 367 g/mol. The Morgan fingerprint density at radius 1 is 1.07 bits per heavy atom. The number of imidazole rings is 1. The van der Waals surface area contributed by atoms with E-state index in [1.165, 1.54) is 12.1 Å². The number of benzene rings is 1. The fourth-order valence-electron chi connectivity index (χ4n) is 3.27. The highest BCUT2D eigenvalue weighted by Crippen LogP contribution is 2.21. The molecule has 3 aromatic rings. The Bertz CT molecular complexity index is 1010. The molecule has 0 spiro atoms. The van der Waals surface area contributed by atoms with Gasteiger partial charge in [0.15, 0.2) is 5.15 Å². The number of para-hydroxylation sites is 1. The van der Waals surface area contributed by atoms with E-state index < -0.39 is 0 Å². The van der Waals surface area contributed by atoms with Crippen molar-refractivity contribution < 1.29 is 9.18 Å². The first kappa shape index (κ1) is 17.5. The van der Waals surface area contributed by atoms with Gasteiger partial charge in [-0.2, -0.15) is 0 Å². The van der Waals surface area contributed by atoms with Crippen molar-refractivity contribution in [2.45, 2.75) is 0 Å². The number of carbonyl (C=O) groups is 1. The zero-order chi connectivity index (χ0) is 18.8. The van der Waals surface area contributed by atoms with E-state index in [0.717, 1.165) is 5.65 Å². The molecule has 5 nitrogen and oxygen atoms in total. The lowest BCUT2D eigenvalue weighted by Gasteiger charge is -2.35. The molecule has 0 N–H and O–H groups in total. The van der Waals surface area contributed by atoms with Crippen LogP contribution in [-0.4, -0.2) is 46.4 Å². The van der Waals surface area contributed by atoms with Gasteiger partial charge in [0.25, 0.3) is 0 Å². The summed E-state index contributed by atoms with van der Waals surface area (Å²) in [6, 6.07) is 12.3. The molecule has 1 aliphatic rings. The largest absolute Gasteiger partial charge is 0.366 e. The van der Waals surface area contributed by atoms with Crippen molar-refractivity contribution in [2.24, 2.45) is 0 Å². The van der Waals surface area contributed by atoms with Crippen molar-refractivity contribution in [1.29, 1.82) is 0 Å². The Morgan fingerprint density at radius 2 is 1.81 bits per heavy atom. The Balaban J connectivity index is 1.43. The summed E-state index contributed by atoms with van der Waals surface area (Å²) in [6.07, 6.45) is 5.06. The highest BCUT2D eigenvalue weighted by molar-refractivity contribution is 6.31. The van der Waals surface area contributed by atoms with E-state index in [1.807, 2.05) is 39.8 Å². The maximum absolute atomic E-state index is 13.9. The van der Waals surface area contributed by atoms with Crippen LogP contribution < -0.4 is 4.90 Å². The molecule has 3 heterocycles. The number of amides is 1. The van der Waals surface area contributed by atoms with Gasteiger partial charge >= 0.3 is 0 Å². The topological polar surface area (TPSA) is 40.9 Å². The quantitative estimate of drug-likeness (QED) is 0.649. The molecule has 1 aromatic carbocycles. The average Bonchev–Trinajstić information content (AvgIpc) is 3.02. The minimum Gasteiger partial charge on any atom is -0.366 e. The molecule has 27 heavy (non-hydrogen) atoms. The lowest BCUT2D eigenvalue weighted by molar-refractivity contribution is -0.126. The molecule has 1 amide bonds. The maximum atomic E-state index is 13.9. The molecule has 0 atom stereocenters. The molecule has 0 aliphatic carbocycles. The lowest BCUT2D eigenvalue weighted by Crippen LogP contribution is -2.48. The van der Waals surface area contributed by atoms with Gasteiger partial charge in [0.2, 0.25) is 5.91 Å². The fraction of sp³-hybridized carbons (Fsp3) is 0.200. The van der Waals surface area contributed by atoms with Gasteiger partial charge in [0.05, 0.1) is 11.4 Å². The van der Waals surface area contributed by atoms with Gasteiger partial charge in [0, 0.05) is 38.5 Å². The van der Waals surface area contributed by atoms with Crippen molar-refractivity contribution in [3.63, 3.8) is 0 Å². The summed E-state index contributed by atoms with van der Waals surface area (Å²) in [6.45, 7) is 2.27. The number of rotatable bonds is 3. The van der Waals surface area contributed by atoms with Crippen molar-refractivity contribution in [2.75, 3.05) is 31.1 Å². The summed E-state index contributed by atoms with van der Waals surface area (Å²) in [5.41, 5.74) is 1.98. The summed E-state index contributed by atoms with van der Waals surface area (Å²) in [5, 5.41) is 0.356. The molecule has 0 unspecified atom stereocenters. The molecule has 138 valence electrons. The molecule has 1 saturated heterocycles. The number of nitrogens with zero attached hydrogens (tertiary/aromatic N) is 4. The van der Waals surface area contributed by atoms with Gasteiger partial charge in [-0.25, -0.2) is 9.37 Å². The minimum atomic E-state index is -0.237. The zero-order valence-corrected chi connectivity index (χ0v) is 15.3. The maximum Gasteiger partial charge on any atom is 0.246 e. The Morgan fingerprint density at radius 3 is 2.59 bits per heavy atom. The number of hydrogen-bond donors (Lipinski definition) is 0. The van der Waals surface area contributed by atoms with Crippen LogP contribution in [0.4, 0.5) is 10.1 Å². The van der Waals surface area contributed by atoms with Crippen molar-refractivity contribution in [3.05, 3.63) is 71.4 Å². The third-order valence-electron chi connectivity index (χ3n) is 4.69. The Kier molecular flexibility index (Phi) is 4.81. The van der Waals surface area contributed by atoms with Gasteiger partial charge in [-0.3, -0.25) is 9.20 Å². The second kappa shape index (κ2) is 7.40. The first-order valence-electron chi connectivity index (χ1n) is 8.72. The number of fused-ring (bicyclic) bond motifs is 1. The van der Waals surface area contributed by atoms with E-state index in [9.17, 15) is 9.18 Å². The summed E-state index contributed by atoms with van der Waals surface area (Å²) >= 11 is 6.19. The van der Waals surface area contributed by atoms with Crippen LogP contribution >= 0.6 is 11.6 Å². The van der Waals surface area contributed by atoms with E-state index >= 15 is 0 Å². The Labute approximate surface area is 161 Å². The number of aromatic nitrogens is 2. The second-order valence-corrected chi connectivity index (χ2v) is 6.67. The van der Waals surface area contributed by atoms with E-state index in [0.29, 0.717) is 42.7 Å². The highest BCUT2D eigenvalue weighted by atomic mass is 35.5. The number of pyridine rings is 1. The van der Waals surface area contributed by atoms with Crippen LogP contribution in [0, 0.1) is 5.82 Å². The van der Waals surface area contributed by atoms with E-state index in [4.69, 9.17) is 11.6 Å². The van der Waals surface area contributed by atoms with Crippen LogP contribution in [0.2, 0.25) is 5.15 Å². The normalized spacial score (nSPS) is 15.0. The van der Waals surface area contributed by atoms with E-state index in [2.05, 4.69) is 4.98 Å². The predicted molar refractivity (Wildman–Crippen MR) is 104 cm³/mol. The smallest absolute Gasteiger partial charge is 0.246 e. The fourth-order valence-corrected chi connectivity index (χ4v) is 3.51. The van der Waals surface area contributed by atoms with Crippen LogP contribution in [-0.2, 0) is 4.79 Å². The SMILES string of the molecule is O=C(/C=C/c1c(Cl)nc2ccccn12)N1CCN(c2ccccc2F)CC1. The van der Waals surface area contributed by atoms with Crippen LogP contribution in [0.15, 0.2) is 54.7 Å². The van der Waals surface area contributed by atoms with Crippen molar-refractivity contribution in [3.8, 4) is 0 Å². The molecular formula is C20H18ClFN4O. The van der Waals surface area contributed by atoms with Gasteiger partial charge < -0.3 is 9.80 Å². The molecule has 7 heteroatoms. The van der Waals surface area contributed by atoms with E-state index in [-0.39, 0.29) is 11.7 Å². The van der Waals surface area contributed by atoms with E-state index in [1.54, 1.807) is 23.1 Å². The van der Waals surface area contributed by atoms with Crippen molar-refractivity contribution >= 4 is 34.9 Å². The number of halogens is 2. The number of piperazine rings is 1. The third-order valence-corrected chi connectivity index (χ3v) is 4.97. The van der Waals surface area contributed by atoms with Crippen LogP contribution in [0.25, 0.3) is 11.7 Å². The monoisotopic (exact) mass is 384 g/mol. The zero-order valence-electron chi connectivity index (χ0n) is 14.6. The Hall–Kier alpha value is -2.86. The van der Waals surface area contributed by atoms with Crippen LogP contribution in [0.1, 0.15) is 5.69 Å². The molecule has 2 aromatic heterocycles. The highest BCUT2D eigenvalue weighted by Gasteiger charge is 2.21. The predicted octanol–water partition coefficient (Wildman–Crippen LogP) is 3.49. The molecule has 1 aliphatic heterocycles. The third kappa shape index (κ3) is 3.53. The minimum absolute atomic E-state index is 0.0925. The molecule has 0 bridgehead atoms. The second-order valence-electron chi connectivity index (χ2n) is 6.31. The van der Waals surface area contributed by atoms with Gasteiger partial charge in [-0.1, -0.05) is 29.8 Å². The first-order valence-corrected chi connectivity index (χ1v) is 9.10. The van der Waals surface area contributed by atoms with Crippen LogP contribution in [0.5, 0.6) is 0 Å². The number of hydrogen-bond acceptors (Lipinski definition) is 3. The van der Waals surface area contributed by atoms with Gasteiger partial charge in [-0.05, 0) is 30.3 Å². The van der Waals surface area contributed by atoms with Gasteiger partial charge in [0.1, 0.15) is 11.5 Å². The number of anilines is 1. The summed E-state index contributed by atoms with van der Waals surface area (Å²) in [4.78, 5) is 20.5. The molecule has 0 saturated carbocycles. The summed E-state index contributed by atoms with van der Waals surface area (Å²) in [5.74, 6) is -0.329.